The number of benzene rings is 1. The number of nitrogens with zero attached hydrogens (tertiary/aromatic N) is 2. The van der Waals surface area contributed by atoms with Crippen LogP contribution in [0.1, 0.15) is 47.4 Å². The van der Waals surface area contributed by atoms with Crippen LogP contribution < -0.4 is 0 Å². The van der Waals surface area contributed by atoms with E-state index in [4.69, 9.17) is 9.15 Å². The minimum atomic E-state index is -0.561. The molecule has 3 heterocycles. The second kappa shape index (κ2) is 9.59. The predicted molar refractivity (Wildman–Crippen MR) is 121 cm³/mol. The number of hydrogen-bond donors (Lipinski definition) is 0. The third kappa shape index (κ3) is 4.66. The van der Waals surface area contributed by atoms with Crippen LogP contribution in [0.4, 0.5) is 0 Å². The highest BCUT2D eigenvalue weighted by molar-refractivity contribution is 6.41. The molecule has 2 saturated heterocycles. The Hall–Kier alpha value is -2.44. The molecule has 2 aliphatic heterocycles. The highest BCUT2D eigenvalue weighted by atomic mass is 16.5. The predicted octanol–water partition coefficient (Wildman–Crippen LogP) is 3.35. The molecule has 0 saturated carbocycles. The van der Waals surface area contributed by atoms with Crippen molar-refractivity contribution in [2.24, 2.45) is 5.92 Å². The van der Waals surface area contributed by atoms with Crippen LogP contribution in [0.15, 0.2) is 47.1 Å². The number of carbonyl (C=O) groups excluding carboxylic acids is 2. The Bertz CT molecular complexity index is 902. The number of rotatable bonds is 7. The molecule has 0 bridgehead atoms. The number of piperidine rings is 1. The van der Waals surface area contributed by atoms with Crippen molar-refractivity contribution in [3.63, 3.8) is 0 Å². The van der Waals surface area contributed by atoms with Crippen LogP contribution in [-0.2, 0) is 22.4 Å². The first-order chi connectivity index (χ1) is 15.7. The van der Waals surface area contributed by atoms with Gasteiger partial charge in [0.1, 0.15) is 0 Å². The molecular weight excluding hydrogens is 404 g/mol. The van der Waals surface area contributed by atoms with E-state index in [-0.39, 0.29) is 11.9 Å². The van der Waals surface area contributed by atoms with Gasteiger partial charge in [-0.3, -0.25) is 14.5 Å². The van der Waals surface area contributed by atoms with Gasteiger partial charge in [-0.1, -0.05) is 24.3 Å². The van der Waals surface area contributed by atoms with Crippen LogP contribution in [0.25, 0.3) is 0 Å². The van der Waals surface area contributed by atoms with Gasteiger partial charge >= 0.3 is 0 Å². The van der Waals surface area contributed by atoms with Crippen LogP contribution in [0.2, 0.25) is 0 Å². The quantitative estimate of drug-likeness (QED) is 0.492. The third-order valence-electron chi connectivity index (χ3n) is 7.35. The Labute approximate surface area is 189 Å². The molecule has 3 aliphatic rings. The summed E-state index contributed by atoms with van der Waals surface area (Å²) in [5.41, 5.74) is 2.98. The van der Waals surface area contributed by atoms with Gasteiger partial charge in [0, 0.05) is 25.7 Å². The van der Waals surface area contributed by atoms with Crippen molar-refractivity contribution in [1.29, 1.82) is 0 Å². The Morgan fingerprint density at radius 2 is 1.72 bits per heavy atom. The van der Waals surface area contributed by atoms with E-state index in [0.29, 0.717) is 25.0 Å². The van der Waals surface area contributed by atoms with Gasteiger partial charge in [0.05, 0.1) is 12.4 Å². The molecule has 1 atom stereocenters. The van der Waals surface area contributed by atoms with E-state index < -0.39 is 11.7 Å². The molecule has 1 aromatic carbocycles. The van der Waals surface area contributed by atoms with Crippen LogP contribution in [0.5, 0.6) is 0 Å². The SMILES string of the molecule is O=C(C(=O)N(CC1CCN(C2Cc3ccccc3C2)CC1)C[C@@H]1CCCO1)c1ccco1. The molecule has 170 valence electrons. The molecule has 0 radical (unpaired) electrons. The molecular formula is C26H32N2O4. The monoisotopic (exact) mass is 436 g/mol. The fourth-order valence-electron chi connectivity index (χ4n) is 5.54. The van der Waals surface area contributed by atoms with E-state index in [9.17, 15) is 9.59 Å². The maximum atomic E-state index is 13.1. The van der Waals surface area contributed by atoms with E-state index in [1.165, 1.54) is 17.4 Å². The lowest BCUT2D eigenvalue weighted by atomic mass is 9.94. The van der Waals surface area contributed by atoms with Crippen molar-refractivity contribution in [3.8, 4) is 0 Å². The van der Waals surface area contributed by atoms with Crippen LogP contribution in [-0.4, -0.2) is 66.4 Å². The molecule has 1 aromatic heterocycles. The highest BCUT2D eigenvalue weighted by Gasteiger charge is 2.33. The molecule has 1 amide bonds. The first-order valence-corrected chi connectivity index (χ1v) is 12.0. The molecule has 6 heteroatoms. The standard InChI is InChI=1S/C26H32N2O4/c29-25(24-8-4-14-32-24)26(30)28(18-23-7-3-13-31-23)17-19-9-11-27(12-10-19)22-15-20-5-1-2-6-21(20)16-22/h1-2,4-6,8,14,19,22-23H,3,7,9-13,15-18H2/t23-/m0/s1. The summed E-state index contributed by atoms with van der Waals surface area (Å²) in [6.07, 6.45) is 7.81. The Kier molecular flexibility index (Phi) is 6.42. The van der Waals surface area contributed by atoms with Crippen molar-refractivity contribution in [2.45, 2.75) is 50.7 Å². The van der Waals surface area contributed by atoms with Crippen LogP contribution in [0.3, 0.4) is 0 Å². The smallest absolute Gasteiger partial charge is 0.298 e. The van der Waals surface area contributed by atoms with Crippen LogP contribution in [0, 0.1) is 5.92 Å². The summed E-state index contributed by atoms with van der Waals surface area (Å²) in [7, 11) is 0. The Morgan fingerprint density at radius 3 is 2.34 bits per heavy atom. The summed E-state index contributed by atoms with van der Waals surface area (Å²) in [5.74, 6) is -0.508. The zero-order chi connectivity index (χ0) is 21.9. The number of furan rings is 1. The molecule has 32 heavy (non-hydrogen) atoms. The molecule has 0 N–H and O–H groups in total. The maximum Gasteiger partial charge on any atom is 0.298 e. The number of likely N-dealkylation sites (tertiary alicyclic amines) is 1. The number of Topliss-reactive ketones (excluding diaryl/α,β-unsaturated/α-hetero) is 1. The second-order valence-electron chi connectivity index (χ2n) is 9.46. The molecule has 0 unspecified atom stereocenters. The second-order valence-corrected chi connectivity index (χ2v) is 9.46. The van der Waals surface area contributed by atoms with Crippen molar-refractivity contribution in [1.82, 2.24) is 9.80 Å². The minimum Gasteiger partial charge on any atom is -0.461 e. The number of ether oxygens (including phenoxy) is 1. The minimum absolute atomic E-state index is 0.0282. The van der Waals surface area contributed by atoms with Gasteiger partial charge in [0.15, 0.2) is 5.76 Å². The highest BCUT2D eigenvalue weighted by Crippen LogP contribution is 2.29. The van der Waals surface area contributed by atoms with Gasteiger partial charge in [-0.05, 0) is 80.8 Å². The largest absolute Gasteiger partial charge is 0.461 e. The fraction of sp³-hybridized carbons (Fsp3) is 0.538. The summed E-state index contributed by atoms with van der Waals surface area (Å²) in [6.45, 7) is 3.95. The van der Waals surface area contributed by atoms with E-state index >= 15 is 0 Å². The lowest BCUT2D eigenvalue weighted by Crippen LogP contribution is -2.47. The van der Waals surface area contributed by atoms with Crippen molar-refractivity contribution < 1.29 is 18.7 Å². The van der Waals surface area contributed by atoms with Gasteiger partial charge in [-0.2, -0.15) is 0 Å². The molecule has 5 rings (SSSR count). The van der Waals surface area contributed by atoms with Gasteiger partial charge in [0.2, 0.25) is 0 Å². The van der Waals surface area contributed by atoms with Crippen molar-refractivity contribution in [2.75, 3.05) is 32.8 Å². The van der Waals surface area contributed by atoms with Crippen LogP contribution >= 0.6 is 0 Å². The van der Waals surface area contributed by atoms with Gasteiger partial charge < -0.3 is 14.1 Å². The lowest BCUT2D eigenvalue weighted by Gasteiger charge is -2.38. The summed E-state index contributed by atoms with van der Waals surface area (Å²) >= 11 is 0. The third-order valence-corrected chi connectivity index (χ3v) is 7.35. The van der Waals surface area contributed by atoms with Gasteiger partial charge in [-0.25, -0.2) is 0 Å². The average molecular weight is 437 g/mol. The summed E-state index contributed by atoms with van der Waals surface area (Å²) in [4.78, 5) is 30.1. The summed E-state index contributed by atoms with van der Waals surface area (Å²) < 4.78 is 11.0. The number of fused-ring (bicyclic) bond motifs is 1. The lowest BCUT2D eigenvalue weighted by molar-refractivity contribution is -0.129. The average Bonchev–Trinajstić information content (AvgIpc) is 3.60. The molecule has 0 spiro atoms. The zero-order valence-corrected chi connectivity index (χ0v) is 18.6. The molecule has 2 aromatic rings. The zero-order valence-electron chi connectivity index (χ0n) is 18.6. The number of carbonyl (C=O) groups is 2. The number of amides is 1. The fourth-order valence-corrected chi connectivity index (χ4v) is 5.54. The number of ketones is 1. The Morgan fingerprint density at radius 1 is 0.969 bits per heavy atom. The van der Waals surface area contributed by atoms with Crippen molar-refractivity contribution in [3.05, 3.63) is 59.5 Å². The molecule has 2 fully saturated rings. The summed E-state index contributed by atoms with van der Waals surface area (Å²) in [6, 6.07) is 12.6. The van der Waals surface area contributed by atoms with E-state index in [2.05, 4.69) is 29.2 Å². The Balaban J connectivity index is 1.18. The van der Waals surface area contributed by atoms with E-state index in [0.717, 1.165) is 58.2 Å². The summed E-state index contributed by atoms with van der Waals surface area (Å²) in [5, 5.41) is 0. The normalized spacial score (nSPS) is 22.2. The maximum absolute atomic E-state index is 13.1. The van der Waals surface area contributed by atoms with E-state index in [1.807, 2.05) is 0 Å². The first-order valence-electron chi connectivity index (χ1n) is 12.0. The topological polar surface area (TPSA) is 63.0 Å². The molecule has 6 nitrogen and oxygen atoms in total. The van der Waals surface area contributed by atoms with Gasteiger partial charge in [0.25, 0.3) is 11.7 Å². The first kappa shape index (κ1) is 21.4. The van der Waals surface area contributed by atoms with Crippen molar-refractivity contribution >= 4 is 11.7 Å². The molecule has 1 aliphatic carbocycles. The van der Waals surface area contributed by atoms with Gasteiger partial charge in [-0.15, -0.1) is 0 Å². The number of hydrogen-bond acceptors (Lipinski definition) is 5. The van der Waals surface area contributed by atoms with E-state index in [1.54, 1.807) is 17.0 Å².